The second kappa shape index (κ2) is 9.54. The Morgan fingerprint density at radius 3 is 2.57 bits per heavy atom. The molecule has 0 aromatic heterocycles. The number of hydrogen-bond donors (Lipinski definition) is 1. The van der Waals surface area contributed by atoms with Gasteiger partial charge in [-0.2, -0.15) is 4.31 Å². The molecule has 0 aliphatic carbocycles. The van der Waals surface area contributed by atoms with Gasteiger partial charge in [0.05, 0.1) is 10.8 Å². The van der Waals surface area contributed by atoms with Crippen LogP contribution in [0.3, 0.4) is 0 Å². The van der Waals surface area contributed by atoms with Gasteiger partial charge in [0.1, 0.15) is 0 Å². The van der Waals surface area contributed by atoms with Crippen molar-refractivity contribution in [3.05, 3.63) is 65.2 Å². The summed E-state index contributed by atoms with van der Waals surface area (Å²) in [5.74, 6) is -0.389. The van der Waals surface area contributed by atoms with E-state index in [1.54, 1.807) is 30.3 Å². The molecule has 0 radical (unpaired) electrons. The van der Waals surface area contributed by atoms with Crippen LogP contribution in [0.25, 0.3) is 0 Å². The lowest BCUT2D eigenvalue weighted by molar-refractivity contribution is -0.126. The number of piperidine rings is 1. The number of rotatable bonds is 7. The molecule has 1 atom stereocenters. The Hall–Kier alpha value is -1.89. The molecule has 3 rings (SSSR count). The quantitative estimate of drug-likeness (QED) is 0.697. The number of hydrogen-bond acceptors (Lipinski definition) is 3. The Labute approximate surface area is 171 Å². The summed E-state index contributed by atoms with van der Waals surface area (Å²) in [5, 5.41) is 3.69. The van der Waals surface area contributed by atoms with Crippen molar-refractivity contribution in [2.24, 2.45) is 5.92 Å². The van der Waals surface area contributed by atoms with Crippen LogP contribution in [-0.4, -0.2) is 38.3 Å². The second-order valence-electron chi connectivity index (χ2n) is 7.00. The van der Waals surface area contributed by atoms with Crippen LogP contribution >= 0.6 is 11.6 Å². The van der Waals surface area contributed by atoms with Gasteiger partial charge >= 0.3 is 0 Å². The van der Waals surface area contributed by atoms with Crippen LogP contribution in [0.5, 0.6) is 0 Å². The predicted molar refractivity (Wildman–Crippen MR) is 111 cm³/mol. The van der Waals surface area contributed by atoms with Crippen molar-refractivity contribution in [1.29, 1.82) is 0 Å². The zero-order valence-corrected chi connectivity index (χ0v) is 17.3. The van der Waals surface area contributed by atoms with Gasteiger partial charge < -0.3 is 5.32 Å². The molecule has 28 heavy (non-hydrogen) atoms. The summed E-state index contributed by atoms with van der Waals surface area (Å²) in [7, 11) is -3.56. The minimum Gasteiger partial charge on any atom is -0.356 e. The molecule has 150 valence electrons. The van der Waals surface area contributed by atoms with Gasteiger partial charge in [0.2, 0.25) is 15.9 Å². The number of benzene rings is 2. The lowest BCUT2D eigenvalue weighted by Crippen LogP contribution is -2.45. The van der Waals surface area contributed by atoms with E-state index in [-0.39, 0.29) is 23.3 Å². The van der Waals surface area contributed by atoms with Crippen LogP contribution in [0.15, 0.2) is 59.5 Å². The molecular formula is C21H25ClN2O3S. The number of aryl methyl sites for hydroxylation is 1. The maximum atomic E-state index is 12.8. The van der Waals surface area contributed by atoms with E-state index in [2.05, 4.69) is 5.32 Å². The van der Waals surface area contributed by atoms with Gasteiger partial charge in [-0.3, -0.25) is 4.79 Å². The Morgan fingerprint density at radius 1 is 1.11 bits per heavy atom. The average molecular weight is 421 g/mol. The van der Waals surface area contributed by atoms with Crippen LogP contribution in [0, 0.1) is 5.92 Å². The fourth-order valence-corrected chi connectivity index (χ4v) is 5.23. The maximum Gasteiger partial charge on any atom is 0.243 e. The van der Waals surface area contributed by atoms with E-state index in [1.165, 1.54) is 4.31 Å². The Balaban J connectivity index is 1.51. The number of halogens is 1. The molecule has 0 spiro atoms. The highest BCUT2D eigenvalue weighted by atomic mass is 35.5. The van der Waals surface area contributed by atoms with Crippen molar-refractivity contribution >= 4 is 27.5 Å². The highest BCUT2D eigenvalue weighted by Gasteiger charge is 2.33. The van der Waals surface area contributed by atoms with E-state index in [0.717, 1.165) is 23.4 Å². The summed E-state index contributed by atoms with van der Waals surface area (Å²) in [6.07, 6.45) is 2.97. The molecule has 1 saturated heterocycles. The lowest BCUT2D eigenvalue weighted by Gasteiger charge is -2.31. The Kier molecular flexibility index (Phi) is 7.10. The molecule has 1 heterocycles. The number of nitrogens with one attached hydrogen (secondary N) is 1. The predicted octanol–water partition coefficient (Wildman–Crippen LogP) is 3.49. The lowest BCUT2D eigenvalue weighted by atomic mass is 9.99. The van der Waals surface area contributed by atoms with Gasteiger partial charge in [0.15, 0.2) is 0 Å². The van der Waals surface area contributed by atoms with Crippen LogP contribution < -0.4 is 5.32 Å². The first-order chi connectivity index (χ1) is 13.5. The van der Waals surface area contributed by atoms with Gasteiger partial charge in [0.25, 0.3) is 0 Å². The Morgan fingerprint density at radius 2 is 1.82 bits per heavy atom. The summed E-state index contributed by atoms with van der Waals surface area (Å²) in [5.41, 5.74) is 1.07. The topological polar surface area (TPSA) is 66.5 Å². The monoisotopic (exact) mass is 420 g/mol. The van der Waals surface area contributed by atoms with Crippen molar-refractivity contribution in [3.63, 3.8) is 0 Å². The van der Waals surface area contributed by atoms with Gasteiger partial charge in [-0.15, -0.1) is 0 Å². The fourth-order valence-electron chi connectivity index (χ4n) is 3.45. The normalized spacial score (nSPS) is 18.0. The zero-order chi connectivity index (χ0) is 20.0. The summed E-state index contributed by atoms with van der Waals surface area (Å²) in [6, 6.07) is 16.1. The minimum atomic E-state index is -3.56. The number of nitrogens with zero attached hydrogens (tertiary/aromatic N) is 1. The van der Waals surface area contributed by atoms with E-state index in [1.807, 2.05) is 24.3 Å². The molecule has 1 aliphatic heterocycles. The van der Waals surface area contributed by atoms with E-state index in [9.17, 15) is 13.2 Å². The zero-order valence-electron chi connectivity index (χ0n) is 15.7. The second-order valence-corrected chi connectivity index (χ2v) is 9.35. The van der Waals surface area contributed by atoms with Crippen LogP contribution in [0.1, 0.15) is 24.8 Å². The van der Waals surface area contributed by atoms with E-state index in [4.69, 9.17) is 11.6 Å². The van der Waals surface area contributed by atoms with E-state index in [0.29, 0.717) is 25.9 Å². The third-order valence-corrected chi connectivity index (χ3v) is 7.26. The standard InChI is InChI=1S/C21H25ClN2O3S/c22-20-13-5-4-8-17(20)9-6-14-23-21(25)18-10-7-15-24(16-18)28(26,27)19-11-2-1-3-12-19/h1-5,8,11-13,18H,6-7,9-10,14-16H2,(H,23,25)/t18-/m1/s1. The first kappa shape index (κ1) is 20.8. The SMILES string of the molecule is O=C(NCCCc1ccccc1Cl)[C@@H]1CCCN(S(=O)(=O)c2ccccc2)C1. The maximum absolute atomic E-state index is 12.8. The summed E-state index contributed by atoms with van der Waals surface area (Å²) >= 11 is 6.15. The fraction of sp³-hybridized carbons (Fsp3) is 0.381. The highest BCUT2D eigenvalue weighted by molar-refractivity contribution is 7.89. The molecular weight excluding hydrogens is 396 g/mol. The summed E-state index contributed by atoms with van der Waals surface area (Å²) in [6.45, 7) is 1.23. The van der Waals surface area contributed by atoms with E-state index >= 15 is 0 Å². The Bertz CT molecular complexity index is 903. The highest BCUT2D eigenvalue weighted by Crippen LogP contribution is 2.24. The molecule has 1 N–H and O–H groups in total. The first-order valence-electron chi connectivity index (χ1n) is 9.55. The third kappa shape index (κ3) is 5.13. The number of carbonyl (C=O) groups excluding carboxylic acids is 1. The van der Waals surface area contributed by atoms with E-state index < -0.39 is 10.0 Å². The van der Waals surface area contributed by atoms with Crippen molar-refractivity contribution in [3.8, 4) is 0 Å². The van der Waals surface area contributed by atoms with Crippen LogP contribution in [0.2, 0.25) is 5.02 Å². The molecule has 2 aromatic carbocycles. The molecule has 0 saturated carbocycles. The minimum absolute atomic E-state index is 0.0767. The molecule has 0 bridgehead atoms. The van der Waals surface area contributed by atoms with Crippen LogP contribution in [0.4, 0.5) is 0 Å². The van der Waals surface area contributed by atoms with Gasteiger partial charge in [-0.1, -0.05) is 48.0 Å². The van der Waals surface area contributed by atoms with Crippen molar-refractivity contribution < 1.29 is 13.2 Å². The van der Waals surface area contributed by atoms with Crippen molar-refractivity contribution in [2.75, 3.05) is 19.6 Å². The summed E-state index contributed by atoms with van der Waals surface area (Å²) < 4.78 is 27.0. The van der Waals surface area contributed by atoms with Crippen LogP contribution in [-0.2, 0) is 21.2 Å². The average Bonchev–Trinajstić information content (AvgIpc) is 2.73. The smallest absolute Gasteiger partial charge is 0.243 e. The molecule has 1 amide bonds. The first-order valence-corrected chi connectivity index (χ1v) is 11.4. The van der Waals surface area contributed by atoms with Gasteiger partial charge in [-0.05, 0) is 49.4 Å². The molecule has 5 nitrogen and oxygen atoms in total. The number of sulfonamides is 1. The summed E-state index contributed by atoms with van der Waals surface area (Å²) in [4.78, 5) is 12.8. The molecule has 1 aliphatic rings. The van der Waals surface area contributed by atoms with Crippen molar-refractivity contribution in [1.82, 2.24) is 9.62 Å². The third-order valence-electron chi connectivity index (χ3n) is 5.02. The number of carbonyl (C=O) groups is 1. The molecule has 2 aromatic rings. The van der Waals surface area contributed by atoms with Crippen molar-refractivity contribution in [2.45, 2.75) is 30.6 Å². The van der Waals surface area contributed by atoms with Gasteiger partial charge in [0, 0.05) is 24.7 Å². The van der Waals surface area contributed by atoms with Gasteiger partial charge in [-0.25, -0.2) is 8.42 Å². The number of amides is 1. The largest absolute Gasteiger partial charge is 0.356 e. The molecule has 7 heteroatoms. The molecule has 1 fully saturated rings. The molecule has 0 unspecified atom stereocenters.